The van der Waals surface area contributed by atoms with Crippen molar-refractivity contribution in [3.63, 3.8) is 0 Å². The van der Waals surface area contributed by atoms with E-state index in [1.165, 1.54) is 5.56 Å². The van der Waals surface area contributed by atoms with Crippen molar-refractivity contribution in [1.82, 2.24) is 14.7 Å². The van der Waals surface area contributed by atoms with Gasteiger partial charge >= 0.3 is 6.09 Å². The number of carbonyl (C=O) groups excluding carboxylic acids is 1. The van der Waals surface area contributed by atoms with E-state index in [4.69, 9.17) is 4.74 Å². The summed E-state index contributed by atoms with van der Waals surface area (Å²) in [5.41, 5.74) is 3.52. The van der Waals surface area contributed by atoms with Crippen molar-refractivity contribution in [2.75, 3.05) is 39.8 Å². The number of piperazine rings is 1. The van der Waals surface area contributed by atoms with Crippen molar-refractivity contribution in [3.8, 4) is 0 Å². The van der Waals surface area contributed by atoms with Crippen LogP contribution < -0.4 is 0 Å². The molecule has 2 heterocycles. The van der Waals surface area contributed by atoms with Gasteiger partial charge < -0.3 is 9.64 Å². The Bertz CT molecular complexity index is 755. The van der Waals surface area contributed by atoms with Gasteiger partial charge in [0.25, 0.3) is 0 Å². The van der Waals surface area contributed by atoms with Crippen LogP contribution in [0.1, 0.15) is 22.8 Å². The first kappa shape index (κ1) is 18.0. The van der Waals surface area contributed by atoms with Crippen molar-refractivity contribution in [1.29, 1.82) is 0 Å². The highest BCUT2D eigenvalue weighted by atomic mass is 16.6. The van der Waals surface area contributed by atoms with Gasteiger partial charge in [0.05, 0.1) is 6.54 Å². The van der Waals surface area contributed by atoms with Crippen LogP contribution in [0.5, 0.6) is 0 Å². The third-order valence-electron chi connectivity index (χ3n) is 5.46. The minimum absolute atomic E-state index is 0.171. The van der Waals surface area contributed by atoms with Crippen LogP contribution >= 0.6 is 0 Å². The molecule has 0 unspecified atom stereocenters. The fraction of sp³-hybridized carbons (Fsp3) is 0.409. The highest BCUT2D eigenvalue weighted by Gasteiger charge is 2.32. The molecule has 5 heteroatoms. The molecule has 0 N–H and O–H groups in total. The highest BCUT2D eigenvalue weighted by molar-refractivity contribution is 5.70. The maximum absolute atomic E-state index is 12.2. The van der Waals surface area contributed by atoms with E-state index in [0.29, 0.717) is 13.1 Å². The first-order chi connectivity index (χ1) is 13.2. The van der Waals surface area contributed by atoms with Crippen LogP contribution in [0, 0.1) is 0 Å². The molecule has 0 bridgehead atoms. The van der Waals surface area contributed by atoms with E-state index in [1.54, 1.807) is 4.90 Å². The highest BCUT2D eigenvalue weighted by Crippen LogP contribution is 2.27. The lowest BCUT2D eigenvalue weighted by molar-refractivity contribution is 0.132. The fourth-order valence-electron chi connectivity index (χ4n) is 3.71. The van der Waals surface area contributed by atoms with Gasteiger partial charge in [-0.25, -0.2) is 4.79 Å². The molecule has 1 atom stereocenters. The van der Waals surface area contributed by atoms with Gasteiger partial charge in [0, 0.05) is 39.3 Å². The Morgan fingerprint density at radius 2 is 1.52 bits per heavy atom. The van der Waals surface area contributed by atoms with Gasteiger partial charge in [0.15, 0.2) is 0 Å². The summed E-state index contributed by atoms with van der Waals surface area (Å²) in [6.07, 6.45) is -0.402. The van der Waals surface area contributed by atoms with Crippen molar-refractivity contribution in [2.45, 2.75) is 19.2 Å². The summed E-state index contributed by atoms with van der Waals surface area (Å²) in [6, 6.07) is 18.6. The molecule has 0 spiro atoms. The van der Waals surface area contributed by atoms with E-state index in [2.05, 4.69) is 41.1 Å². The van der Waals surface area contributed by atoms with E-state index in [-0.39, 0.29) is 12.2 Å². The average Bonchev–Trinajstić information content (AvgIpc) is 3.06. The Morgan fingerprint density at radius 1 is 0.889 bits per heavy atom. The molecule has 2 fully saturated rings. The van der Waals surface area contributed by atoms with Crippen LogP contribution in [0.15, 0.2) is 54.6 Å². The lowest BCUT2D eigenvalue weighted by Gasteiger charge is -2.32. The van der Waals surface area contributed by atoms with Crippen LogP contribution in [0.25, 0.3) is 0 Å². The minimum Gasteiger partial charge on any atom is -0.439 e. The average molecular weight is 365 g/mol. The van der Waals surface area contributed by atoms with Gasteiger partial charge in [0.1, 0.15) is 6.10 Å². The molecule has 5 nitrogen and oxygen atoms in total. The SMILES string of the molecule is CN1CCN(Cc2ccc(CN3C[C@@H](c4ccccc4)OC3=O)cc2)CC1. The summed E-state index contributed by atoms with van der Waals surface area (Å²) in [5.74, 6) is 0. The predicted molar refractivity (Wildman–Crippen MR) is 105 cm³/mol. The summed E-state index contributed by atoms with van der Waals surface area (Å²) in [4.78, 5) is 18.9. The summed E-state index contributed by atoms with van der Waals surface area (Å²) in [6.45, 7) is 6.71. The van der Waals surface area contributed by atoms with E-state index < -0.39 is 0 Å². The normalized spacial score (nSPS) is 21.4. The molecule has 2 saturated heterocycles. The molecule has 0 aromatic heterocycles. The molecular weight excluding hydrogens is 338 g/mol. The molecule has 0 aliphatic carbocycles. The topological polar surface area (TPSA) is 36.0 Å². The Labute approximate surface area is 161 Å². The van der Waals surface area contributed by atoms with Crippen molar-refractivity contribution in [3.05, 3.63) is 71.3 Å². The van der Waals surface area contributed by atoms with E-state index >= 15 is 0 Å². The molecule has 2 aliphatic rings. The van der Waals surface area contributed by atoms with Crippen molar-refractivity contribution >= 4 is 6.09 Å². The molecule has 4 rings (SSSR count). The van der Waals surface area contributed by atoms with Gasteiger partial charge in [-0.2, -0.15) is 0 Å². The van der Waals surface area contributed by atoms with Crippen molar-refractivity contribution in [2.24, 2.45) is 0 Å². The summed E-state index contributed by atoms with van der Waals surface area (Å²) in [5, 5.41) is 0. The zero-order valence-corrected chi connectivity index (χ0v) is 15.9. The zero-order chi connectivity index (χ0) is 18.6. The number of nitrogens with zero attached hydrogens (tertiary/aromatic N) is 3. The number of ether oxygens (including phenoxy) is 1. The third-order valence-corrected chi connectivity index (χ3v) is 5.46. The van der Waals surface area contributed by atoms with Crippen molar-refractivity contribution < 1.29 is 9.53 Å². The summed E-state index contributed by atoms with van der Waals surface area (Å²) < 4.78 is 5.54. The molecule has 2 aromatic carbocycles. The molecule has 0 saturated carbocycles. The second-order valence-electron chi connectivity index (χ2n) is 7.56. The van der Waals surface area contributed by atoms with Gasteiger partial charge in [-0.05, 0) is 23.7 Å². The number of carbonyl (C=O) groups is 1. The number of hydrogen-bond acceptors (Lipinski definition) is 4. The number of amides is 1. The molecule has 27 heavy (non-hydrogen) atoms. The Kier molecular flexibility index (Phi) is 5.41. The number of rotatable bonds is 5. The Morgan fingerprint density at radius 3 is 2.19 bits per heavy atom. The maximum Gasteiger partial charge on any atom is 0.410 e. The van der Waals surface area contributed by atoms with E-state index in [1.807, 2.05) is 30.3 Å². The van der Waals surface area contributed by atoms with Gasteiger partial charge in [0.2, 0.25) is 0 Å². The van der Waals surface area contributed by atoms with Crippen LogP contribution in [0.4, 0.5) is 4.79 Å². The number of cyclic esters (lactones) is 1. The van der Waals surface area contributed by atoms with Gasteiger partial charge in [-0.3, -0.25) is 9.80 Å². The molecule has 1 amide bonds. The molecule has 2 aromatic rings. The second kappa shape index (κ2) is 8.11. The standard InChI is InChI=1S/C22H27N3O2/c1-23-11-13-24(14-12-23)15-18-7-9-19(10-8-18)16-25-17-21(27-22(25)26)20-5-3-2-4-6-20/h2-10,21H,11-17H2,1H3/t21-/m0/s1. The summed E-state index contributed by atoms with van der Waals surface area (Å²) in [7, 11) is 2.18. The second-order valence-corrected chi connectivity index (χ2v) is 7.56. The van der Waals surface area contributed by atoms with Crippen LogP contribution in [-0.4, -0.2) is 60.6 Å². The Balaban J connectivity index is 1.32. The maximum atomic E-state index is 12.2. The third kappa shape index (κ3) is 4.49. The first-order valence-corrected chi connectivity index (χ1v) is 9.66. The first-order valence-electron chi connectivity index (χ1n) is 9.66. The van der Waals surface area contributed by atoms with E-state index in [9.17, 15) is 4.79 Å². The van der Waals surface area contributed by atoms with Gasteiger partial charge in [-0.15, -0.1) is 0 Å². The van der Waals surface area contributed by atoms with Crippen LogP contribution in [-0.2, 0) is 17.8 Å². The molecule has 2 aliphatic heterocycles. The quantitative estimate of drug-likeness (QED) is 0.816. The lowest BCUT2D eigenvalue weighted by atomic mass is 10.1. The number of benzene rings is 2. The lowest BCUT2D eigenvalue weighted by Crippen LogP contribution is -2.43. The largest absolute Gasteiger partial charge is 0.439 e. The molecular formula is C22H27N3O2. The van der Waals surface area contributed by atoms with Crippen LogP contribution in [0.2, 0.25) is 0 Å². The summed E-state index contributed by atoms with van der Waals surface area (Å²) >= 11 is 0. The fourth-order valence-corrected chi connectivity index (χ4v) is 3.71. The van der Waals surface area contributed by atoms with Gasteiger partial charge in [-0.1, -0.05) is 54.6 Å². The molecule has 142 valence electrons. The monoisotopic (exact) mass is 365 g/mol. The minimum atomic E-state index is -0.231. The zero-order valence-electron chi connectivity index (χ0n) is 15.9. The molecule has 0 radical (unpaired) electrons. The smallest absolute Gasteiger partial charge is 0.410 e. The van der Waals surface area contributed by atoms with E-state index in [0.717, 1.165) is 43.9 Å². The Hall–Kier alpha value is -2.37. The predicted octanol–water partition coefficient (Wildman–Crippen LogP) is 3.13. The van der Waals surface area contributed by atoms with Crippen LogP contribution in [0.3, 0.4) is 0 Å². The number of likely N-dealkylation sites (N-methyl/N-ethyl adjacent to an activating group) is 1. The number of hydrogen-bond donors (Lipinski definition) is 0.